The van der Waals surface area contributed by atoms with Crippen molar-refractivity contribution in [2.24, 2.45) is 0 Å². The zero-order valence-electron chi connectivity index (χ0n) is 22.3. The molecule has 0 aliphatic rings. The summed E-state index contributed by atoms with van der Waals surface area (Å²) >= 11 is 9.81. The van der Waals surface area contributed by atoms with Crippen molar-refractivity contribution in [2.75, 3.05) is 13.2 Å². The normalized spacial score (nSPS) is 11.7. The number of nitrogens with one attached hydrogen (secondary N) is 1. The second-order valence-corrected chi connectivity index (χ2v) is 10.9. The highest BCUT2D eigenvalue weighted by Gasteiger charge is 2.30. The molecule has 0 unspecified atom stereocenters. The van der Waals surface area contributed by atoms with Gasteiger partial charge >= 0.3 is 0 Å². The molecule has 0 heterocycles. The summed E-state index contributed by atoms with van der Waals surface area (Å²) in [6, 6.07) is 22.3. The number of carbonyl (C=O) groups excluding carboxylic acids is 2. The Labute approximate surface area is 239 Å². The largest absolute Gasteiger partial charge is 0.483 e. The Morgan fingerprint density at radius 1 is 1.00 bits per heavy atom. The van der Waals surface area contributed by atoms with Gasteiger partial charge in [-0.1, -0.05) is 87.3 Å². The Bertz CT molecular complexity index is 1200. The first-order chi connectivity index (χ1) is 18.3. The lowest BCUT2D eigenvalue weighted by atomic mass is 10.0. The van der Waals surface area contributed by atoms with E-state index in [1.165, 1.54) is 5.56 Å². The quantitative estimate of drug-likeness (QED) is 0.212. The van der Waals surface area contributed by atoms with Crippen LogP contribution in [0.2, 0.25) is 5.02 Å². The van der Waals surface area contributed by atoms with Crippen molar-refractivity contribution in [2.45, 2.75) is 58.5 Å². The first-order valence-electron chi connectivity index (χ1n) is 13.1. The fourth-order valence-electron chi connectivity index (χ4n) is 4.11. The maximum Gasteiger partial charge on any atom is 0.261 e. The van der Waals surface area contributed by atoms with Gasteiger partial charge in [-0.15, -0.1) is 0 Å². The maximum absolute atomic E-state index is 13.7. The summed E-state index contributed by atoms with van der Waals surface area (Å²) in [6.45, 7) is 6.91. The molecule has 1 atom stereocenters. The van der Waals surface area contributed by atoms with Crippen molar-refractivity contribution < 1.29 is 14.3 Å². The zero-order valence-corrected chi connectivity index (χ0v) is 24.6. The lowest BCUT2D eigenvalue weighted by molar-refractivity contribution is -0.142. The van der Waals surface area contributed by atoms with Gasteiger partial charge in [0, 0.05) is 24.5 Å². The standard InChI is InChI=1S/C31H36BrClN2O3/c1-4-5-16-34-31(37)28(18-23-10-7-6-8-11-23)35(20-24-12-9-13-26(33)17-24)30(36)21-38-29-15-14-25(22(2)3)19-27(29)32/h6-15,17,19,22,28H,4-5,16,18,20-21H2,1-3H3,(H,34,37)/t28-/m0/s1. The minimum atomic E-state index is -0.712. The van der Waals surface area contributed by atoms with E-state index in [1.54, 1.807) is 11.0 Å². The number of amides is 2. The Kier molecular flexibility index (Phi) is 11.7. The van der Waals surface area contributed by atoms with E-state index in [2.05, 4.69) is 42.0 Å². The molecule has 0 aliphatic heterocycles. The second-order valence-electron chi connectivity index (χ2n) is 9.63. The third-order valence-electron chi connectivity index (χ3n) is 6.32. The van der Waals surface area contributed by atoms with E-state index in [1.807, 2.05) is 66.7 Å². The van der Waals surface area contributed by atoms with Crippen molar-refractivity contribution in [3.05, 3.63) is 99.0 Å². The topological polar surface area (TPSA) is 58.6 Å². The number of nitrogens with zero attached hydrogens (tertiary/aromatic N) is 1. The molecule has 2 amide bonds. The molecule has 0 fully saturated rings. The van der Waals surface area contributed by atoms with Crippen molar-refractivity contribution in [1.82, 2.24) is 10.2 Å². The highest BCUT2D eigenvalue weighted by atomic mass is 79.9. The van der Waals surface area contributed by atoms with Gasteiger partial charge < -0.3 is 15.0 Å². The number of halogens is 2. The molecule has 202 valence electrons. The van der Waals surface area contributed by atoms with E-state index >= 15 is 0 Å². The summed E-state index contributed by atoms with van der Waals surface area (Å²) < 4.78 is 6.75. The predicted molar refractivity (Wildman–Crippen MR) is 158 cm³/mol. The van der Waals surface area contributed by atoms with Gasteiger partial charge in [-0.25, -0.2) is 0 Å². The Morgan fingerprint density at radius 2 is 1.74 bits per heavy atom. The summed E-state index contributed by atoms with van der Waals surface area (Å²) in [6.07, 6.45) is 2.22. The van der Waals surface area contributed by atoms with Gasteiger partial charge in [0.15, 0.2) is 6.61 Å². The van der Waals surface area contributed by atoms with Gasteiger partial charge in [-0.2, -0.15) is 0 Å². The van der Waals surface area contributed by atoms with E-state index in [-0.39, 0.29) is 25.0 Å². The van der Waals surface area contributed by atoms with Crippen LogP contribution in [0, 0.1) is 0 Å². The van der Waals surface area contributed by atoms with Gasteiger partial charge in [0.2, 0.25) is 5.91 Å². The van der Waals surface area contributed by atoms with Gasteiger partial charge in [0.25, 0.3) is 5.91 Å². The number of rotatable bonds is 13. The molecular weight excluding hydrogens is 564 g/mol. The monoisotopic (exact) mass is 598 g/mol. The fraction of sp³-hybridized carbons (Fsp3) is 0.355. The number of benzene rings is 3. The van der Waals surface area contributed by atoms with E-state index < -0.39 is 6.04 Å². The molecule has 0 saturated carbocycles. The van der Waals surface area contributed by atoms with Crippen molar-refractivity contribution in [3.8, 4) is 5.75 Å². The molecule has 1 N–H and O–H groups in total. The van der Waals surface area contributed by atoms with Crippen LogP contribution < -0.4 is 10.1 Å². The predicted octanol–water partition coefficient (Wildman–Crippen LogP) is 7.16. The lowest BCUT2D eigenvalue weighted by Gasteiger charge is -2.31. The number of hydrogen-bond acceptors (Lipinski definition) is 3. The summed E-state index contributed by atoms with van der Waals surface area (Å²) in [5, 5.41) is 3.61. The molecule has 0 saturated heterocycles. The molecule has 0 aromatic heterocycles. The first-order valence-corrected chi connectivity index (χ1v) is 14.2. The average Bonchev–Trinajstić information content (AvgIpc) is 2.90. The number of ether oxygens (including phenoxy) is 1. The molecule has 0 bridgehead atoms. The molecule has 0 spiro atoms. The molecule has 0 aliphatic carbocycles. The van der Waals surface area contributed by atoms with Crippen molar-refractivity contribution in [3.63, 3.8) is 0 Å². The van der Waals surface area contributed by atoms with Gasteiger partial charge in [0.1, 0.15) is 11.8 Å². The Morgan fingerprint density at radius 3 is 2.39 bits per heavy atom. The van der Waals surface area contributed by atoms with Crippen LogP contribution in [0.3, 0.4) is 0 Å². The van der Waals surface area contributed by atoms with Crippen LogP contribution in [0.25, 0.3) is 0 Å². The third-order valence-corrected chi connectivity index (χ3v) is 7.17. The molecule has 5 nitrogen and oxygen atoms in total. The van der Waals surface area contributed by atoms with Crippen LogP contribution in [0.1, 0.15) is 56.2 Å². The molecule has 3 rings (SSSR count). The highest BCUT2D eigenvalue weighted by molar-refractivity contribution is 9.10. The summed E-state index contributed by atoms with van der Waals surface area (Å²) in [5.74, 6) is 0.495. The van der Waals surface area contributed by atoms with E-state index in [0.29, 0.717) is 29.7 Å². The van der Waals surface area contributed by atoms with E-state index in [4.69, 9.17) is 16.3 Å². The summed E-state index contributed by atoms with van der Waals surface area (Å²) in [4.78, 5) is 28.8. The SMILES string of the molecule is CCCCNC(=O)[C@H](Cc1ccccc1)N(Cc1cccc(Cl)c1)C(=O)COc1ccc(C(C)C)cc1Br. The molecule has 38 heavy (non-hydrogen) atoms. The maximum atomic E-state index is 13.7. The highest BCUT2D eigenvalue weighted by Crippen LogP contribution is 2.29. The molecule has 3 aromatic rings. The minimum absolute atomic E-state index is 0.180. The fourth-order valence-corrected chi connectivity index (χ4v) is 4.83. The minimum Gasteiger partial charge on any atom is -0.483 e. The van der Waals surface area contributed by atoms with Crippen molar-refractivity contribution in [1.29, 1.82) is 0 Å². The van der Waals surface area contributed by atoms with Crippen LogP contribution >= 0.6 is 27.5 Å². The van der Waals surface area contributed by atoms with Crippen LogP contribution in [-0.4, -0.2) is 35.9 Å². The molecule has 3 aromatic carbocycles. The van der Waals surface area contributed by atoms with Gasteiger partial charge in [0.05, 0.1) is 4.47 Å². The molecule has 0 radical (unpaired) electrons. The van der Waals surface area contributed by atoms with E-state index in [9.17, 15) is 9.59 Å². The number of unbranched alkanes of at least 4 members (excludes halogenated alkanes) is 1. The first kappa shape index (κ1) is 29.7. The summed E-state index contributed by atoms with van der Waals surface area (Å²) in [5.41, 5.74) is 2.98. The van der Waals surface area contributed by atoms with Crippen LogP contribution in [0.5, 0.6) is 5.75 Å². The average molecular weight is 600 g/mol. The zero-order chi connectivity index (χ0) is 27.5. The third kappa shape index (κ3) is 8.88. The second kappa shape index (κ2) is 14.9. The smallest absolute Gasteiger partial charge is 0.261 e. The summed E-state index contributed by atoms with van der Waals surface area (Å²) in [7, 11) is 0. The van der Waals surface area contributed by atoms with E-state index in [0.717, 1.165) is 28.4 Å². The van der Waals surface area contributed by atoms with Crippen LogP contribution in [0.4, 0.5) is 0 Å². The lowest BCUT2D eigenvalue weighted by Crippen LogP contribution is -2.51. The molecular formula is C31H36BrClN2O3. The number of hydrogen-bond donors (Lipinski definition) is 1. The van der Waals surface area contributed by atoms with Crippen LogP contribution in [0.15, 0.2) is 77.3 Å². The molecule has 7 heteroatoms. The van der Waals surface area contributed by atoms with Gasteiger partial charge in [-0.05, 0) is 69.2 Å². The van der Waals surface area contributed by atoms with Crippen LogP contribution in [-0.2, 0) is 22.6 Å². The Hall–Kier alpha value is -2.83. The van der Waals surface area contributed by atoms with Crippen molar-refractivity contribution >= 4 is 39.3 Å². The van der Waals surface area contributed by atoms with Gasteiger partial charge in [-0.3, -0.25) is 9.59 Å². The number of carbonyl (C=O) groups is 2. The Balaban J connectivity index is 1.89.